The van der Waals surface area contributed by atoms with Crippen molar-refractivity contribution in [2.24, 2.45) is 0 Å². The van der Waals surface area contributed by atoms with Crippen molar-refractivity contribution in [2.45, 2.75) is 19.8 Å². The van der Waals surface area contributed by atoms with Gasteiger partial charge in [-0.25, -0.2) is 4.39 Å². The molecule has 2 aliphatic rings. The largest absolute Gasteiger partial charge is 1.00 e. The molecule has 0 aliphatic carbocycles. The molecule has 1 aromatic rings. The van der Waals surface area contributed by atoms with Crippen LogP contribution in [0.1, 0.15) is 19.8 Å². The van der Waals surface area contributed by atoms with E-state index in [0.717, 1.165) is 42.3 Å². The van der Waals surface area contributed by atoms with Crippen LogP contribution in [0, 0.1) is 11.9 Å². The molecule has 0 spiro atoms. The van der Waals surface area contributed by atoms with Crippen molar-refractivity contribution < 1.29 is 37.0 Å². The molecule has 0 saturated carbocycles. The Balaban J connectivity index is 0.00000161. The van der Waals surface area contributed by atoms with Gasteiger partial charge in [0.1, 0.15) is 0 Å². The minimum absolute atomic E-state index is 0. The Morgan fingerprint density at radius 3 is 2.57 bits per heavy atom. The number of halogens is 2. The van der Waals surface area contributed by atoms with E-state index in [0.29, 0.717) is 17.7 Å². The van der Waals surface area contributed by atoms with Gasteiger partial charge in [0.05, 0.1) is 26.3 Å². The third-order valence-electron chi connectivity index (χ3n) is 4.69. The molecule has 1 aromatic carbocycles. The Hall–Kier alpha value is 0.172. The van der Waals surface area contributed by atoms with E-state index in [2.05, 4.69) is 28.9 Å². The standard InChI is InChI=1S/C14H19BBrFNO2.Li/c1-2-3-4-18-5-7-19-15(18,20-8-6-18)12-9-13(16)11-14(17)10-12;/h9-10H,2-8H2,1H3;/q-1;+1. The number of hydrogen-bond acceptors (Lipinski definition) is 2. The van der Waals surface area contributed by atoms with Crippen LogP contribution in [0.4, 0.5) is 4.39 Å². The van der Waals surface area contributed by atoms with E-state index in [1.54, 1.807) is 0 Å². The quantitative estimate of drug-likeness (QED) is 0.524. The van der Waals surface area contributed by atoms with Crippen LogP contribution in [-0.4, -0.2) is 43.9 Å². The van der Waals surface area contributed by atoms with Crippen LogP contribution in [-0.2, 0) is 9.31 Å². The van der Waals surface area contributed by atoms with E-state index in [1.165, 1.54) is 6.07 Å². The molecule has 0 unspecified atom stereocenters. The van der Waals surface area contributed by atoms with Crippen LogP contribution in [0.15, 0.2) is 16.6 Å². The molecule has 0 bridgehead atoms. The van der Waals surface area contributed by atoms with Crippen LogP contribution >= 0.6 is 15.9 Å². The van der Waals surface area contributed by atoms with Gasteiger partial charge in [-0.2, -0.15) is 17.6 Å². The van der Waals surface area contributed by atoms with Gasteiger partial charge in [0, 0.05) is 12.4 Å². The minimum atomic E-state index is -1.61. The SMILES string of the molecule is CCCC[N+]12CCO[B-]1(c1cc(F)[c-]c(Br)c1)OCC2.[Li+]. The summed E-state index contributed by atoms with van der Waals surface area (Å²) in [6.45, 7) is 4.89. The van der Waals surface area contributed by atoms with Crippen molar-refractivity contribution in [1.82, 2.24) is 0 Å². The number of rotatable bonds is 4. The molecule has 0 aromatic heterocycles. The van der Waals surface area contributed by atoms with E-state index in [9.17, 15) is 4.39 Å². The Morgan fingerprint density at radius 1 is 1.33 bits per heavy atom. The third-order valence-corrected chi connectivity index (χ3v) is 5.11. The van der Waals surface area contributed by atoms with Crippen molar-refractivity contribution in [3.8, 4) is 0 Å². The normalized spacial score (nSPS) is 31.0. The number of quaternary nitrogens is 1. The molecule has 0 N–H and O–H groups in total. The fraction of sp³-hybridized carbons (Fsp3) is 0.571. The van der Waals surface area contributed by atoms with Gasteiger partial charge >= 0.3 is 25.5 Å². The number of nitrogens with zero attached hydrogens (tertiary/aromatic N) is 1. The van der Waals surface area contributed by atoms with Crippen molar-refractivity contribution in [3.63, 3.8) is 0 Å². The van der Waals surface area contributed by atoms with Crippen molar-refractivity contribution in [2.75, 3.05) is 32.8 Å². The van der Waals surface area contributed by atoms with Gasteiger partial charge in [-0.1, -0.05) is 33.7 Å². The van der Waals surface area contributed by atoms with Crippen molar-refractivity contribution >= 4 is 28.1 Å². The number of unbranched alkanes of at least 4 members (excludes halogenated alkanes) is 1. The molecule has 2 saturated heterocycles. The van der Waals surface area contributed by atoms with Crippen LogP contribution in [0.5, 0.6) is 0 Å². The molecule has 21 heavy (non-hydrogen) atoms. The zero-order valence-electron chi connectivity index (χ0n) is 12.7. The molecule has 0 amide bonds. The molecule has 2 fully saturated rings. The first-order chi connectivity index (χ1) is 9.62. The maximum Gasteiger partial charge on any atom is 1.00 e. The van der Waals surface area contributed by atoms with Crippen LogP contribution in [0.25, 0.3) is 0 Å². The minimum Gasteiger partial charge on any atom is -0.507 e. The summed E-state index contributed by atoms with van der Waals surface area (Å²) in [5.41, 5.74) is 0.819. The summed E-state index contributed by atoms with van der Waals surface area (Å²) in [4.78, 5) is 0. The van der Waals surface area contributed by atoms with Crippen LogP contribution in [0.2, 0.25) is 0 Å². The molecule has 2 heterocycles. The van der Waals surface area contributed by atoms with Gasteiger partial charge in [-0.3, -0.25) is 0 Å². The first-order valence-corrected chi connectivity index (χ1v) is 8.08. The third kappa shape index (κ3) is 2.87. The smallest absolute Gasteiger partial charge is 0.507 e. The summed E-state index contributed by atoms with van der Waals surface area (Å²) in [7, 11) is 0. The monoisotopic (exact) mass is 349 g/mol. The summed E-state index contributed by atoms with van der Waals surface area (Å²) >= 11 is 3.32. The summed E-state index contributed by atoms with van der Waals surface area (Å²) in [6.07, 6.45) is 2.28. The number of fused-ring (bicyclic) bond motifs is 1. The second-order valence-corrected chi connectivity index (χ2v) is 6.62. The maximum absolute atomic E-state index is 13.7. The molecular weight excluding hydrogens is 331 g/mol. The summed E-state index contributed by atoms with van der Waals surface area (Å²) in [5, 5.41) is 0. The Bertz CT molecular complexity index is 489. The zero-order chi connectivity index (χ0) is 14.2. The number of benzene rings is 1. The van der Waals surface area contributed by atoms with Crippen LogP contribution in [0.3, 0.4) is 0 Å². The van der Waals surface area contributed by atoms with Gasteiger partial charge in [-0.05, 0) is 6.42 Å². The molecule has 2 aliphatic heterocycles. The fourth-order valence-corrected chi connectivity index (χ4v) is 4.16. The molecule has 110 valence electrons. The molecule has 0 radical (unpaired) electrons. The molecule has 0 atom stereocenters. The fourth-order valence-electron chi connectivity index (χ4n) is 3.71. The maximum atomic E-state index is 13.7. The number of hydrogen-bond donors (Lipinski definition) is 0. The molecule has 3 nitrogen and oxygen atoms in total. The van der Waals surface area contributed by atoms with E-state index in [4.69, 9.17) is 9.31 Å². The molecule has 7 heteroatoms. The summed E-state index contributed by atoms with van der Waals surface area (Å²) in [5.74, 6) is -0.370. The Labute approximate surface area is 146 Å². The van der Waals surface area contributed by atoms with E-state index in [-0.39, 0.29) is 24.7 Å². The summed E-state index contributed by atoms with van der Waals surface area (Å²) in [6, 6.07) is 6.01. The second kappa shape index (κ2) is 6.74. The average molecular weight is 350 g/mol. The Morgan fingerprint density at radius 2 is 2.00 bits per heavy atom. The van der Waals surface area contributed by atoms with Crippen LogP contribution < -0.4 is 24.3 Å². The van der Waals surface area contributed by atoms with E-state index >= 15 is 0 Å². The molecule has 3 rings (SSSR count). The van der Waals surface area contributed by atoms with Gasteiger partial charge < -0.3 is 13.7 Å². The predicted molar refractivity (Wildman–Crippen MR) is 80.0 cm³/mol. The topological polar surface area (TPSA) is 18.5 Å². The first kappa shape index (κ1) is 17.5. The van der Waals surface area contributed by atoms with Gasteiger partial charge in [-0.15, -0.1) is 6.07 Å². The van der Waals surface area contributed by atoms with Crippen molar-refractivity contribution in [3.05, 3.63) is 28.5 Å². The average Bonchev–Trinajstić information content (AvgIpc) is 2.90. The van der Waals surface area contributed by atoms with Gasteiger partial charge in [0.25, 0.3) is 0 Å². The second-order valence-electron chi connectivity index (χ2n) is 5.77. The Kier molecular flexibility index (Phi) is 5.62. The van der Waals surface area contributed by atoms with E-state index in [1.807, 2.05) is 6.07 Å². The first-order valence-electron chi connectivity index (χ1n) is 7.28. The van der Waals surface area contributed by atoms with Crippen molar-refractivity contribution in [1.29, 1.82) is 0 Å². The van der Waals surface area contributed by atoms with Gasteiger partial charge in [0.2, 0.25) is 0 Å². The zero-order valence-corrected chi connectivity index (χ0v) is 14.3. The summed E-state index contributed by atoms with van der Waals surface area (Å²) < 4.78 is 27.3. The van der Waals surface area contributed by atoms with E-state index < -0.39 is 6.69 Å². The predicted octanol–water partition coefficient (Wildman–Crippen LogP) is -0.784. The van der Waals surface area contributed by atoms with Gasteiger partial charge in [0.15, 0.2) is 0 Å². The molecular formula is C14H19BBrFLiNO2.